The molecular formula is C20H23NO2S. The van der Waals surface area contributed by atoms with Crippen LogP contribution in [0.25, 0.3) is 0 Å². The first-order valence-corrected chi connectivity index (χ1v) is 9.36. The maximum atomic E-state index is 12.0. The number of rotatable bonds is 6. The SMILES string of the molecule is Cc1ccc(C(O)CNC(=O)CSc2ccc3c(c2)CCC3)cc1. The summed E-state index contributed by atoms with van der Waals surface area (Å²) in [6.07, 6.45) is 2.90. The highest BCUT2D eigenvalue weighted by Crippen LogP contribution is 2.27. The van der Waals surface area contributed by atoms with Gasteiger partial charge in [-0.15, -0.1) is 11.8 Å². The van der Waals surface area contributed by atoms with E-state index in [0.29, 0.717) is 5.75 Å². The summed E-state index contributed by atoms with van der Waals surface area (Å²) in [6.45, 7) is 2.25. The fraction of sp³-hybridized carbons (Fsp3) is 0.350. The monoisotopic (exact) mass is 341 g/mol. The Morgan fingerprint density at radius 1 is 1.17 bits per heavy atom. The molecule has 0 saturated heterocycles. The third kappa shape index (κ3) is 4.40. The molecule has 1 unspecified atom stereocenters. The summed E-state index contributed by atoms with van der Waals surface area (Å²) in [6, 6.07) is 14.2. The van der Waals surface area contributed by atoms with Crippen molar-refractivity contribution >= 4 is 17.7 Å². The number of hydrogen-bond acceptors (Lipinski definition) is 3. The Bertz CT molecular complexity index is 712. The number of carbonyl (C=O) groups excluding carboxylic acids is 1. The van der Waals surface area contributed by atoms with Crippen LogP contribution in [0.5, 0.6) is 0 Å². The number of nitrogens with one attached hydrogen (secondary N) is 1. The molecule has 126 valence electrons. The summed E-state index contributed by atoms with van der Waals surface area (Å²) in [5.41, 5.74) is 4.85. The summed E-state index contributed by atoms with van der Waals surface area (Å²) >= 11 is 1.55. The van der Waals surface area contributed by atoms with Crippen LogP contribution >= 0.6 is 11.8 Å². The van der Waals surface area contributed by atoms with Gasteiger partial charge in [-0.25, -0.2) is 0 Å². The number of carbonyl (C=O) groups is 1. The largest absolute Gasteiger partial charge is 0.387 e. The normalized spacial score (nSPS) is 14.2. The van der Waals surface area contributed by atoms with Gasteiger partial charge in [0.05, 0.1) is 11.9 Å². The number of benzene rings is 2. The molecule has 0 radical (unpaired) electrons. The van der Waals surface area contributed by atoms with Crippen molar-refractivity contribution in [2.75, 3.05) is 12.3 Å². The number of fused-ring (bicyclic) bond motifs is 1. The van der Waals surface area contributed by atoms with Gasteiger partial charge < -0.3 is 10.4 Å². The first-order chi connectivity index (χ1) is 11.6. The number of hydrogen-bond donors (Lipinski definition) is 2. The van der Waals surface area contributed by atoms with Crippen LogP contribution < -0.4 is 5.32 Å². The lowest BCUT2D eigenvalue weighted by Gasteiger charge is -2.12. The van der Waals surface area contributed by atoms with Crippen molar-refractivity contribution in [1.82, 2.24) is 5.32 Å². The van der Waals surface area contributed by atoms with E-state index >= 15 is 0 Å². The summed E-state index contributed by atoms with van der Waals surface area (Å²) < 4.78 is 0. The van der Waals surface area contributed by atoms with E-state index in [1.807, 2.05) is 31.2 Å². The lowest BCUT2D eigenvalue weighted by Crippen LogP contribution is -2.29. The van der Waals surface area contributed by atoms with E-state index in [0.717, 1.165) is 22.4 Å². The summed E-state index contributed by atoms with van der Waals surface area (Å²) in [7, 11) is 0. The number of thioether (sulfide) groups is 1. The number of aliphatic hydroxyl groups excluding tert-OH is 1. The van der Waals surface area contributed by atoms with Crippen LogP contribution in [0.4, 0.5) is 0 Å². The summed E-state index contributed by atoms with van der Waals surface area (Å²) in [5.74, 6) is 0.325. The predicted molar refractivity (Wildman–Crippen MR) is 98.3 cm³/mol. The average Bonchev–Trinajstić information content (AvgIpc) is 3.06. The second kappa shape index (κ2) is 7.86. The third-order valence-electron chi connectivity index (χ3n) is 4.39. The average molecular weight is 341 g/mol. The van der Waals surface area contributed by atoms with Crippen LogP contribution in [0, 0.1) is 6.92 Å². The molecule has 2 N–H and O–H groups in total. The number of amides is 1. The van der Waals surface area contributed by atoms with E-state index in [1.54, 1.807) is 11.8 Å². The fourth-order valence-corrected chi connectivity index (χ4v) is 3.74. The Kier molecular flexibility index (Phi) is 5.59. The molecule has 3 rings (SSSR count). The highest BCUT2D eigenvalue weighted by atomic mass is 32.2. The van der Waals surface area contributed by atoms with Crippen molar-refractivity contribution in [3.05, 3.63) is 64.7 Å². The first kappa shape index (κ1) is 17.1. The van der Waals surface area contributed by atoms with Gasteiger partial charge in [0.2, 0.25) is 5.91 Å². The molecule has 1 aliphatic rings. The zero-order chi connectivity index (χ0) is 16.9. The van der Waals surface area contributed by atoms with Crippen molar-refractivity contribution in [3.63, 3.8) is 0 Å². The Morgan fingerprint density at radius 2 is 1.92 bits per heavy atom. The molecule has 0 aromatic heterocycles. The molecule has 24 heavy (non-hydrogen) atoms. The second-order valence-corrected chi connectivity index (χ2v) is 7.35. The van der Waals surface area contributed by atoms with Gasteiger partial charge in [0.15, 0.2) is 0 Å². The van der Waals surface area contributed by atoms with Crippen molar-refractivity contribution in [1.29, 1.82) is 0 Å². The van der Waals surface area contributed by atoms with Crippen LogP contribution in [-0.2, 0) is 17.6 Å². The standard InChI is InChI=1S/C20H23NO2S/c1-14-5-7-16(8-6-14)19(22)12-21-20(23)13-24-18-10-9-15-3-2-4-17(15)11-18/h5-11,19,22H,2-4,12-13H2,1H3,(H,21,23). The molecule has 0 spiro atoms. The minimum Gasteiger partial charge on any atom is -0.387 e. The van der Waals surface area contributed by atoms with E-state index in [2.05, 4.69) is 23.5 Å². The van der Waals surface area contributed by atoms with Gasteiger partial charge in [0.25, 0.3) is 0 Å². The molecular weight excluding hydrogens is 318 g/mol. The summed E-state index contributed by atoms with van der Waals surface area (Å²) in [5, 5.41) is 12.9. The molecule has 0 fully saturated rings. The van der Waals surface area contributed by atoms with Crippen molar-refractivity contribution < 1.29 is 9.90 Å². The van der Waals surface area contributed by atoms with E-state index in [4.69, 9.17) is 0 Å². The van der Waals surface area contributed by atoms with Gasteiger partial charge in [-0.3, -0.25) is 4.79 Å². The van der Waals surface area contributed by atoms with Crippen LogP contribution in [0.15, 0.2) is 47.4 Å². The Hall–Kier alpha value is -1.78. The Balaban J connectivity index is 1.45. The molecule has 0 bridgehead atoms. The van der Waals surface area contributed by atoms with Crippen molar-refractivity contribution in [3.8, 4) is 0 Å². The Labute approximate surface area is 147 Å². The molecule has 1 atom stereocenters. The maximum Gasteiger partial charge on any atom is 0.230 e. The van der Waals surface area contributed by atoms with Gasteiger partial charge >= 0.3 is 0 Å². The van der Waals surface area contributed by atoms with E-state index in [-0.39, 0.29) is 12.5 Å². The zero-order valence-electron chi connectivity index (χ0n) is 13.9. The quantitative estimate of drug-likeness (QED) is 0.792. The van der Waals surface area contributed by atoms with Crippen LogP contribution in [0.3, 0.4) is 0 Å². The lowest BCUT2D eigenvalue weighted by molar-refractivity contribution is -0.119. The van der Waals surface area contributed by atoms with E-state index in [9.17, 15) is 9.90 Å². The smallest absolute Gasteiger partial charge is 0.230 e. The van der Waals surface area contributed by atoms with Crippen LogP contribution in [-0.4, -0.2) is 23.3 Å². The highest BCUT2D eigenvalue weighted by molar-refractivity contribution is 8.00. The van der Waals surface area contributed by atoms with E-state index in [1.165, 1.54) is 24.0 Å². The van der Waals surface area contributed by atoms with Crippen molar-refractivity contribution in [2.45, 2.75) is 37.2 Å². The zero-order valence-corrected chi connectivity index (χ0v) is 14.7. The molecule has 0 heterocycles. The molecule has 1 amide bonds. The van der Waals surface area contributed by atoms with Gasteiger partial charge in [-0.05, 0) is 55.0 Å². The van der Waals surface area contributed by atoms with Gasteiger partial charge in [-0.2, -0.15) is 0 Å². The minimum absolute atomic E-state index is 0.0494. The Morgan fingerprint density at radius 3 is 2.71 bits per heavy atom. The third-order valence-corrected chi connectivity index (χ3v) is 5.39. The molecule has 2 aromatic rings. The van der Waals surface area contributed by atoms with E-state index < -0.39 is 6.10 Å². The molecule has 2 aromatic carbocycles. The topological polar surface area (TPSA) is 49.3 Å². The highest BCUT2D eigenvalue weighted by Gasteiger charge is 2.12. The van der Waals surface area contributed by atoms with Crippen LogP contribution in [0.1, 0.15) is 34.8 Å². The molecule has 0 aliphatic heterocycles. The van der Waals surface area contributed by atoms with Gasteiger partial charge in [-0.1, -0.05) is 35.9 Å². The second-order valence-electron chi connectivity index (χ2n) is 6.30. The summed E-state index contributed by atoms with van der Waals surface area (Å²) in [4.78, 5) is 13.1. The van der Waals surface area contributed by atoms with Crippen LogP contribution in [0.2, 0.25) is 0 Å². The van der Waals surface area contributed by atoms with Gasteiger partial charge in [0, 0.05) is 11.4 Å². The van der Waals surface area contributed by atoms with Gasteiger partial charge in [0.1, 0.15) is 0 Å². The molecule has 0 saturated carbocycles. The minimum atomic E-state index is -0.667. The van der Waals surface area contributed by atoms with Crippen molar-refractivity contribution in [2.24, 2.45) is 0 Å². The maximum absolute atomic E-state index is 12.0. The first-order valence-electron chi connectivity index (χ1n) is 8.38. The number of aliphatic hydroxyl groups is 1. The fourth-order valence-electron chi connectivity index (χ4n) is 2.95. The molecule has 1 aliphatic carbocycles. The molecule has 4 heteroatoms. The molecule has 3 nitrogen and oxygen atoms in total. The predicted octanol–water partition coefficient (Wildman–Crippen LogP) is 3.43. The number of aryl methyl sites for hydroxylation is 3. The lowest BCUT2D eigenvalue weighted by atomic mass is 10.1.